The molecule has 1 atom stereocenters. The molecule has 1 aromatic heterocycles. The maximum atomic E-state index is 10.8. The molecule has 1 aromatic rings. The van der Waals surface area contributed by atoms with Gasteiger partial charge in [-0.1, -0.05) is 18.7 Å². The predicted octanol–water partition coefficient (Wildman–Crippen LogP) is 0.350. The van der Waals surface area contributed by atoms with Gasteiger partial charge in [0.05, 0.1) is 0 Å². The van der Waals surface area contributed by atoms with Crippen molar-refractivity contribution in [1.82, 2.24) is 20.5 Å². The van der Waals surface area contributed by atoms with E-state index in [4.69, 9.17) is 5.11 Å². The molecule has 1 heterocycles. The highest BCUT2D eigenvalue weighted by atomic mass is 32.2. The Morgan fingerprint density at radius 3 is 3.13 bits per heavy atom. The number of aromatic nitrogens is 3. The third-order valence-corrected chi connectivity index (χ3v) is 2.69. The number of rotatable bonds is 7. The summed E-state index contributed by atoms with van der Waals surface area (Å²) in [7, 11) is 0. The number of aromatic amines is 1. The van der Waals surface area contributed by atoms with Crippen LogP contribution in [0.15, 0.2) is 11.5 Å². The highest BCUT2D eigenvalue weighted by molar-refractivity contribution is 7.99. The SMILES string of the molecule is CCCNC(CSc1ncn[nH]1)C(=O)O. The van der Waals surface area contributed by atoms with Gasteiger partial charge in [0.2, 0.25) is 0 Å². The Hall–Kier alpha value is -1.08. The van der Waals surface area contributed by atoms with Crippen molar-refractivity contribution >= 4 is 17.7 Å². The zero-order chi connectivity index (χ0) is 11.1. The molecule has 0 aliphatic carbocycles. The number of carboxylic acids is 1. The molecular weight excluding hydrogens is 216 g/mol. The topological polar surface area (TPSA) is 90.9 Å². The lowest BCUT2D eigenvalue weighted by Crippen LogP contribution is -2.39. The van der Waals surface area contributed by atoms with Crippen molar-refractivity contribution in [3.63, 3.8) is 0 Å². The minimum absolute atomic E-state index is 0.435. The molecule has 3 N–H and O–H groups in total. The quantitative estimate of drug-likeness (QED) is 0.585. The second-order valence-corrected chi connectivity index (χ2v) is 3.96. The number of hydrogen-bond donors (Lipinski definition) is 3. The Bertz CT molecular complexity index is 291. The molecule has 0 aliphatic heterocycles. The van der Waals surface area contributed by atoms with Gasteiger partial charge in [-0.25, -0.2) is 4.98 Å². The van der Waals surface area contributed by atoms with Crippen molar-refractivity contribution in [2.75, 3.05) is 12.3 Å². The third kappa shape index (κ3) is 4.30. The molecule has 0 amide bonds. The van der Waals surface area contributed by atoms with Gasteiger partial charge in [-0.2, -0.15) is 5.10 Å². The first-order valence-corrected chi connectivity index (χ1v) is 5.67. The number of H-pyrrole nitrogens is 1. The molecule has 0 spiro atoms. The first kappa shape index (κ1) is 12.0. The molecular formula is C8H14N4O2S. The Morgan fingerprint density at radius 2 is 2.60 bits per heavy atom. The normalized spacial score (nSPS) is 12.6. The van der Waals surface area contributed by atoms with Crippen LogP contribution in [0.5, 0.6) is 0 Å². The predicted molar refractivity (Wildman–Crippen MR) is 56.8 cm³/mol. The number of thioether (sulfide) groups is 1. The standard InChI is InChI=1S/C8H14N4O2S/c1-2-3-9-6(7(13)14)4-15-8-10-5-11-12-8/h5-6,9H,2-4H2,1H3,(H,13,14)(H,10,11,12). The van der Waals surface area contributed by atoms with E-state index in [1.165, 1.54) is 18.1 Å². The van der Waals surface area contributed by atoms with Crippen LogP contribution in [-0.2, 0) is 4.79 Å². The second-order valence-electron chi connectivity index (χ2n) is 2.95. The van der Waals surface area contributed by atoms with E-state index < -0.39 is 12.0 Å². The molecule has 6 nitrogen and oxygen atoms in total. The van der Waals surface area contributed by atoms with E-state index in [1.807, 2.05) is 6.92 Å². The van der Waals surface area contributed by atoms with Gasteiger partial charge in [0.15, 0.2) is 5.16 Å². The fourth-order valence-corrected chi connectivity index (χ4v) is 1.79. The Balaban J connectivity index is 2.34. The van der Waals surface area contributed by atoms with Crippen LogP contribution in [0.2, 0.25) is 0 Å². The Labute approximate surface area is 91.9 Å². The summed E-state index contributed by atoms with van der Waals surface area (Å²) in [6.45, 7) is 2.70. The molecule has 0 bridgehead atoms. The van der Waals surface area contributed by atoms with Gasteiger partial charge in [0, 0.05) is 5.75 Å². The minimum atomic E-state index is -0.838. The van der Waals surface area contributed by atoms with Crippen LogP contribution < -0.4 is 5.32 Å². The van der Waals surface area contributed by atoms with E-state index in [1.54, 1.807) is 0 Å². The van der Waals surface area contributed by atoms with Gasteiger partial charge < -0.3 is 10.4 Å². The largest absolute Gasteiger partial charge is 0.480 e. The molecule has 0 radical (unpaired) electrons. The lowest BCUT2D eigenvalue weighted by molar-refractivity contribution is -0.138. The van der Waals surface area contributed by atoms with Gasteiger partial charge in [-0.3, -0.25) is 9.89 Å². The smallest absolute Gasteiger partial charge is 0.321 e. The molecule has 7 heteroatoms. The van der Waals surface area contributed by atoms with Crippen molar-refractivity contribution in [2.45, 2.75) is 24.5 Å². The summed E-state index contributed by atoms with van der Waals surface area (Å²) in [6.07, 6.45) is 2.31. The van der Waals surface area contributed by atoms with Crippen LogP contribution in [0.1, 0.15) is 13.3 Å². The summed E-state index contributed by atoms with van der Waals surface area (Å²) in [4.78, 5) is 14.7. The van der Waals surface area contributed by atoms with Gasteiger partial charge in [0.1, 0.15) is 12.4 Å². The van der Waals surface area contributed by atoms with Crippen molar-refractivity contribution in [3.05, 3.63) is 6.33 Å². The van der Waals surface area contributed by atoms with Gasteiger partial charge in [-0.05, 0) is 13.0 Å². The average Bonchev–Trinajstić information content (AvgIpc) is 2.70. The second kappa shape index (κ2) is 6.41. The highest BCUT2D eigenvalue weighted by Gasteiger charge is 2.16. The Morgan fingerprint density at radius 1 is 1.80 bits per heavy atom. The summed E-state index contributed by atoms with van der Waals surface area (Å²) in [5.74, 6) is -0.402. The molecule has 0 saturated carbocycles. The highest BCUT2D eigenvalue weighted by Crippen LogP contribution is 2.12. The summed E-state index contributed by atoms with van der Waals surface area (Å²) >= 11 is 1.34. The van der Waals surface area contributed by atoms with Crippen molar-refractivity contribution < 1.29 is 9.90 Å². The van der Waals surface area contributed by atoms with Gasteiger partial charge >= 0.3 is 5.97 Å². The lowest BCUT2D eigenvalue weighted by Gasteiger charge is -2.11. The van der Waals surface area contributed by atoms with E-state index in [-0.39, 0.29) is 0 Å². The first-order valence-electron chi connectivity index (χ1n) is 4.68. The number of carboxylic acid groups (broad SMARTS) is 1. The van der Waals surface area contributed by atoms with Crippen LogP contribution in [-0.4, -0.2) is 44.6 Å². The van der Waals surface area contributed by atoms with Crippen LogP contribution in [0.4, 0.5) is 0 Å². The first-order chi connectivity index (χ1) is 7.24. The zero-order valence-corrected chi connectivity index (χ0v) is 9.25. The van der Waals surface area contributed by atoms with Crippen LogP contribution in [0.3, 0.4) is 0 Å². The van der Waals surface area contributed by atoms with E-state index in [9.17, 15) is 4.79 Å². The summed E-state index contributed by atoms with van der Waals surface area (Å²) in [6, 6.07) is -0.542. The molecule has 1 unspecified atom stereocenters. The van der Waals surface area contributed by atoms with Crippen LogP contribution >= 0.6 is 11.8 Å². The zero-order valence-electron chi connectivity index (χ0n) is 8.43. The molecule has 15 heavy (non-hydrogen) atoms. The van der Waals surface area contributed by atoms with Crippen molar-refractivity contribution in [2.24, 2.45) is 0 Å². The van der Waals surface area contributed by atoms with Gasteiger partial charge in [0.25, 0.3) is 0 Å². The molecule has 84 valence electrons. The van der Waals surface area contributed by atoms with E-state index >= 15 is 0 Å². The third-order valence-electron chi connectivity index (χ3n) is 1.72. The molecule has 0 fully saturated rings. The number of hydrogen-bond acceptors (Lipinski definition) is 5. The maximum Gasteiger partial charge on any atom is 0.321 e. The maximum absolute atomic E-state index is 10.8. The fraction of sp³-hybridized carbons (Fsp3) is 0.625. The molecule has 0 saturated heterocycles. The lowest BCUT2D eigenvalue weighted by atomic mass is 10.3. The number of nitrogens with one attached hydrogen (secondary N) is 2. The monoisotopic (exact) mass is 230 g/mol. The Kier molecular flexibility index (Phi) is 5.13. The van der Waals surface area contributed by atoms with E-state index in [2.05, 4.69) is 20.5 Å². The molecule has 0 aromatic carbocycles. The molecule has 1 rings (SSSR count). The fourth-order valence-electron chi connectivity index (χ4n) is 0.962. The van der Waals surface area contributed by atoms with E-state index in [0.29, 0.717) is 17.5 Å². The number of carbonyl (C=O) groups is 1. The van der Waals surface area contributed by atoms with Crippen molar-refractivity contribution in [1.29, 1.82) is 0 Å². The summed E-state index contributed by atoms with van der Waals surface area (Å²) in [5, 5.41) is 18.8. The average molecular weight is 230 g/mol. The minimum Gasteiger partial charge on any atom is -0.480 e. The number of nitrogens with zero attached hydrogens (tertiary/aromatic N) is 2. The van der Waals surface area contributed by atoms with E-state index in [0.717, 1.165) is 6.42 Å². The van der Waals surface area contributed by atoms with Crippen LogP contribution in [0.25, 0.3) is 0 Å². The van der Waals surface area contributed by atoms with Crippen molar-refractivity contribution in [3.8, 4) is 0 Å². The van der Waals surface area contributed by atoms with Crippen LogP contribution in [0, 0.1) is 0 Å². The summed E-state index contributed by atoms with van der Waals surface area (Å²) < 4.78 is 0. The number of aliphatic carboxylic acids is 1. The molecule has 0 aliphatic rings. The summed E-state index contributed by atoms with van der Waals surface area (Å²) in [5.41, 5.74) is 0. The van der Waals surface area contributed by atoms with Gasteiger partial charge in [-0.15, -0.1) is 0 Å².